The van der Waals surface area contributed by atoms with Gasteiger partial charge in [-0.25, -0.2) is 24.6 Å². The van der Waals surface area contributed by atoms with Crippen molar-refractivity contribution in [2.75, 3.05) is 140 Å². The largest absolute Gasteiger partial charge is 0.508 e. The second-order valence-electron chi connectivity index (χ2n) is 33.8. The lowest BCUT2D eigenvalue weighted by Crippen LogP contribution is -2.48. The van der Waals surface area contributed by atoms with Crippen LogP contribution in [0.4, 0.5) is 23.2 Å². The number of likely N-dealkylation sites (tertiary alicyclic amines) is 1. The minimum absolute atomic E-state index is 0. The van der Waals surface area contributed by atoms with Crippen molar-refractivity contribution in [2.24, 2.45) is 5.73 Å². The van der Waals surface area contributed by atoms with E-state index in [1.54, 1.807) is 55.5 Å². The van der Waals surface area contributed by atoms with Gasteiger partial charge in [-0.3, -0.25) is 24.0 Å². The van der Waals surface area contributed by atoms with Crippen molar-refractivity contribution in [1.82, 2.24) is 31.2 Å². The van der Waals surface area contributed by atoms with E-state index in [2.05, 4.69) is 75.1 Å². The van der Waals surface area contributed by atoms with E-state index in [1.165, 1.54) is 50.5 Å². The molecule has 137 heavy (non-hydrogen) atoms. The van der Waals surface area contributed by atoms with Crippen molar-refractivity contribution in [1.29, 1.82) is 0 Å². The Morgan fingerprint density at radius 3 is 1.86 bits per heavy atom. The number of para-hydroxylation sites is 3. The molecule has 35 nitrogen and oxygen atoms in total. The van der Waals surface area contributed by atoms with Crippen LogP contribution in [0.5, 0.6) is 11.5 Å². The number of quaternary nitrogens is 1. The average molecular weight is 2110 g/mol. The summed E-state index contributed by atoms with van der Waals surface area (Å²) in [5.74, 6) is -8.52. The summed E-state index contributed by atoms with van der Waals surface area (Å²) < 4.78 is 97.1. The molecule has 6 fully saturated rings. The lowest BCUT2D eigenvalue weighted by Gasteiger charge is -2.25. The van der Waals surface area contributed by atoms with E-state index in [1.807, 2.05) is 55.3 Å². The van der Waals surface area contributed by atoms with Gasteiger partial charge in [0.1, 0.15) is 95.3 Å². The average Bonchev–Trinajstić information content (AvgIpc) is 1.59. The molecular weight excluding hydrogens is 1960 g/mol. The second-order valence-corrected chi connectivity index (χ2v) is 42.1. The number of aliphatic hydroxyl groups excluding tert-OH is 5. The molecule has 17 N–H and O–H groups in total. The number of aliphatic hydroxyl groups is 5. The number of H-pyrrole nitrogens is 1. The summed E-state index contributed by atoms with van der Waals surface area (Å²) in [6.45, 7) is 19.6. The molecule has 788 valence electrons. The van der Waals surface area contributed by atoms with E-state index < -0.39 is 94.6 Å². The van der Waals surface area contributed by atoms with Crippen LogP contribution in [0.2, 0.25) is 0 Å². The first-order valence-electron chi connectivity index (χ1n) is 44.5. The molecule has 11 rings (SSSR count). The van der Waals surface area contributed by atoms with E-state index >= 15 is 0 Å². The molecular formula is C90H153Cl2F4N11O24S6+2. The van der Waals surface area contributed by atoms with Crippen molar-refractivity contribution < 1.29 is 138 Å². The van der Waals surface area contributed by atoms with Gasteiger partial charge in [0.25, 0.3) is 11.0 Å². The Morgan fingerprint density at radius 2 is 1.33 bits per heavy atom. The fourth-order valence-electron chi connectivity index (χ4n) is 13.6. The number of sulfone groups is 1. The minimum atomic E-state index is -3.58. The lowest BCUT2D eigenvalue weighted by atomic mass is 9.98. The number of esters is 1. The maximum absolute atomic E-state index is 12.5. The number of carboxylic acids is 3. The van der Waals surface area contributed by atoms with Crippen LogP contribution in [0, 0.1) is 11.5 Å². The molecule has 6 saturated heterocycles. The zero-order valence-electron chi connectivity index (χ0n) is 77.1. The van der Waals surface area contributed by atoms with Gasteiger partial charge in [-0.2, -0.15) is 30.2 Å². The first-order chi connectivity index (χ1) is 62.3. The second kappa shape index (κ2) is 70.4. The Bertz CT molecular complexity index is 4320. The number of aromatic nitrogens is 2. The normalized spacial score (nSPS) is 21.6. The van der Waals surface area contributed by atoms with Crippen LogP contribution in [0.1, 0.15) is 190 Å². The summed E-state index contributed by atoms with van der Waals surface area (Å²) in [6, 6.07) is 15.9. The Labute approximate surface area is 837 Å². The number of aromatic amines is 1. The summed E-state index contributed by atoms with van der Waals surface area (Å²) in [6.07, 6.45) is 11.3. The first-order valence-corrected chi connectivity index (χ1v) is 51.7. The van der Waals surface area contributed by atoms with E-state index in [0.29, 0.717) is 129 Å². The highest BCUT2D eigenvalue weighted by Crippen LogP contribution is 2.41. The van der Waals surface area contributed by atoms with Gasteiger partial charge in [0.15, 0.2) is 11.8 Å². The molecule has 7 aliphatic heterocycles. The topological polar surface area (TPSA) is 514 Å². The number of ether oxygens (including phenoxy) is 5. The molecule has 0 radical (unpaired) electrons. The van der Waals surface area contributed by atoms with E-state index in [0.717, 1.165) is 129 Å². The number of benzene rings is 3. The number of phenolic OH excluding ortho intramolecular Hbond substituents is 1. The molecule has 0 bridgehead atoms. The number of rotatable bonds is 40. The zero-order chi connectivity index (χ0) is 98.2. The Morgan fingerprint density at radius 1 is 0.737 bits per heavy atom. The number of carbonyl (C=O) groups is 7. The van der Waals surface area contributed by atoms with Crippen LogP contribution < -0.4 is 41.5 Å². The van der Waals surface area contributed by atoms with Crippen LogP contribution in [0.3, 0.4) is 0 Å². The molecule has 14 unspecified atom stereocenters. The number of nitrogens with zero attached hydrogens (tertiary/aromatic N) is 4. The number of amides is 3. The van der Waals surface area contributed by atoms with Crippen LogP contribution in [-0.4, -0.2) is 335 Å². The van der Waals surface area contributed by atoms with E-state index in [9.17, 15) is 95.1 Å². The number of nitrogens with two attached hydrogens (primary N) is 1. The number of likely N-dealkylation sites (N-methyl/N-ethyl adjacent to an activating group) is 1. The number of unbranched alkanes of at least 4 members (excludes halogenated alkanes) is 3. The molecule has 3 aromatic carbocycles. The third-order valence-electron chi connectivity index (χ3n) is 21.4. The van der Waals surface area contributed by atoms with Crippen molar-refractivity contribution >= 4 is 160 Å². The third-order valence-corrected chi connectivity index (χ3v) is 29.6. The molecule has 8 heterocycles. The molecule has 14 atom stereocenters. The number of aliphatic carboxylic acids is 3. The molecule has 0 saturated carbocycles. The highest BCUT2D eigenvalue weighted by atomic mass is 35.5. The van der Waals surface area contributed by atoms with Crippen LogP contribution >= 0.6 is 80.6 Å². The number of halogens is 6. The number of piperidine rings is 1. The van der Waals surface area contributed by atoms with Gasteiger partial charge in [-0.1, -0.05) is 96.5 Å². The quantitative estimate of drug-likeness (QED) is 0.00188. The number of carbonyl (C=O) groups excluding carboxylic acids is 4. The Balaban J connectivity index is 0. The number of carboxylic acid groups (broad SMARTS) is 3. The minimum Gasteiger partial charge on any atom is -0.508 e. The SMILES string of the molecule is C.C.C.CC(=O)NCCC1CNc2ccc(O)cc21.CC(F)(F)C(=O)O.CC(F)(F)C(=O)O.CC1OC(COC2CCCNC2)C(O)C1O.C[N+](C)(C)CCOC(=O)CCCCC1CCSS1.Cl.Cl.NC(CCCNC(=O)C(CS)NC(=O)CCCCC1CCSS1)C(=O)O.O=[n+]1c2ccccc2[nH]c2c(OCC3OC(O)C(O)C3O)cccc21.[C-]#[N+]CCCCS(=O)(=O)CCCN1CCCC1. The number of thiol groups is 1. The van der Waals surface area contributed by atoms with Crippen molar-refractivity contribution in [3.63, 3.8) is 0 Å². The standard InChI is InChI=1S/C17H17N2O6.C16H29N3O4S3.C13H26NO2S2.C12H22N2O2S.C12H16N2O2.C11H21NO4.2C3H4F2O2.3CH4.2ClH/c20-15-13(25-17(22)16(15)21)8-24-12-7-3-6-11-14(12)18-9-4-1-2-5-10(9)19(11)23;17-12(16(22)23)5-3-8-18-15(21)13(10-24)19-14(20)6-2-1-4-11-7-9-25-26-11;1-14(2,3)9-10-16-13(15)7-5-4-6-12-8-11-17-18-12;1-13-7-2-5-11-17(15,16)12-6-10-14-8-3-4-9-14;1-8(15)13-5-4-9-7-14-12-3-2-10(16)6-11(9)12;1-7-10(13)11(14)9(16-7)6-15-8-3-2-4-12-5-8;2*1-3(4,5)2(6)7;;;;;/h1-7,13,15-17,20-22H,8H2,(H,18,23);11-13,24H,1-10,17H2,(H,18,21)(H,19,20)(H,22,23);12H,4-11H2,1-3H3;2-12H2;2-3,6,9,14,16H,4-5,7H2,1H3,(H,13,15);7-14H,2-6H2,1H3;2*1H3,(H,6,7);3*1H4;2*1H/q+1;;+1;;;;;;;;;;. The fraction of sp³-hybridized carbons (Fsp3) is 0.711. The smallest absolute Gasteiger partial charge is 0.374 e. The fourth-order valence-corrected chi connectivity index (χ4v) is 21.4. The summed E-state index contributed by atoms with van der Waals surface area (Å²) in [5, 5.41) is 97.4. The van der Waals surface area contributed by atoms with Gasteiger partial charge < -0.3 is 121 Å². The molecule has 4 aromatic rings. The summed E-state index contributed by atoms with van der Waals surface area (Å²) in [7, 11) is 11.3. The van der Waals surface area contributed by atoms with Crippen LogP contribution in [-0.2, 0) is 62.3 Å². The predicted octanol–water partition coefficient (Wildman–Crippen LogP) is 10.9. The van der Waals surface area contributed by atoms with E-state index in [4.69, 9.17) is 51.3 Å². The molecule has 0 spiro atoms. The van der Waals surface area contributed by atoms with Crippen LogP contribution in [0.15, 0.2) is 60.7 Å². The van der Waals surface area contributed by atoms with Crippen LogP contribution in [0.25, 0.3) is 26.9 Å². The number of phenols is 1. The number of fused-ring (bicyclic) bond motifs is 3. The molecule has 47 heteroatoms. The number of hydrogen-bond donors (Lipinski definition) is 17. The van der Waals surface area contributed by atoms with Gasteiger partial charge in [-0.15, -0.1) is 24.8 Å². The van der Waals surface area contributed by atoms with Crippen molar-refractivity contribution in [3.8, 4) is 11.5 Å². The lowest BCUT2D eigenvalue weighted by molar-refractivity contribution is -0.870. The molecule has 7 aliphatic rings. The predicted molar refractivity (Wildman–Crippen MR) is 541 cm³/mol. The van der Waals surface area contributed by atoms with Crippen molar-refractivity contribution in [2.45, 2.75) is 274 Å². The molecule has 0 aliphatic carbocycles. The summed E-state index contributed by atoms with van der Waals surface area (Å²) in [5.41, 5.74) is 9.71. The number of hydrogen-bond acceptors (Lipinski definition) is 30. The molecule has 3 amide bonds. The monoisotopic (exact) mass is 2110 g/mol. The van der Waals surface area contributed by atoms with Gasteiger partial charge in [0.2, 0.25) is 24.3 Å². The highest BCUT2D eigenvalue weighted by molar-refractivity contribution is 8.77. The number of aromatic hydroxyl groups is 1. The van der Waals surface area contributed by atoms with Crippen molar-refractivity contribution in [3.05, 3.63) is 82.6 Å². The Kier molecular flexibility index (Phi) is 68.3. The summed E-state index contributed by atoms with van der Waals surface area (Å²) >= 11 is 4.12. The van der Waals surface area contributed by atoms with Gasteiger partial charge in [-0.05, 0) is 165 Å². The number of anilines is 1. The highest BCUT2D eigenvalue weighted by Gasteiger charge is 2.43. The maximum Gasteiger partial charge on any atom is 0.374 e. The van der Waals surface area contributed by atoms with E-state index in [-0.39, 0.29) is 108 Å². The zero-order valence-corrected chi connectivity index (χ0v) is 83.7. The molecule has 1 aromatic heterocycles. The van der Waals surface area contributed by atoms with Gasteiger partial charge in [0, 0.05) is 123 Å². The summed E-state index contributed by atoms with van der Waals surface area (Å²) in [4.78, 5) is 96.7. The Hall–Kier alpha value is -6.24. The maximum atomic E-state index is 12.5. The van der Waals surface area contributed by atoms with Gasteiger partial charge in [0.05, 0.1) is 55.9 Å². The number of alkyl halides is 4. The first kappa shape index (κ1) is 133. The number of nitrogens with one attached hydrogen (secondary N) is 6. The van der Waals surface area contributed by atoms with Gasteiger partial charge >= 0.3 is 35.7 Å². The third kappa shape index (κ3) is 54.2.